The lowest BCUT2D eigenvalue weighted by Crippen LogP contribution is -2.58. The fourth-order valence-electron chi connectivity index (χ4n) is 4.08. The molecule has 2 heterocycles. The van der Waals surface area contributed by atoms with Gasteiger partial charge in [-0.25, -0.2) is 0 Å². The summed E-state index contributed by atoms with van der Waals surface area (Å²) in [6.07, 6.45) is 2.24. The number of carbonyl (C=O) groups is 1. The second-order valence-electron chi connectivity index (χ2n) is 7.46. The van der Waals surface area contributed by atoms with Gasteiger partial charge in [0.05, 0.1) is 6.04 Å². The first kappa shape index (κ1) is 18.3. The van der Waals surface area contributed by atoms with Crippen LogP contribution in [0.2, 0.25) is 5.02 Å². The summed E-state index contributed by atoms with van der Waals surface area (Å²) >= 11 is 5.95. The topological polar surface area (TPSA) is 32.8 Å². The highest BCUT2D eigenvalue weighted by Crippen LogP contribution is 2.29. The van der Waals surface area contributed by atoms with Crippen LogP contribution >= 0.6 is 11.6 Å². The third-order valence-corrected chi connectivity index (χ3v) is 5.92. The van der Waals surface area contributed by atoms with Gasteiger partial charge in [-0.15, -0.1) is 0 Å². The molecule has 2 aromatic carbocycles. The fourth-order valence-corrected chi connectivity index (χ4v) is 4.20. The van der Waals surface area contributed by atoms with E-state index in [-0.39, 0.29) is 11.9 Å². The molecule has 2 aliphatic rings. The number of benzene rings is 2. The van der Waals surface area contributed by atoms with Crippen molar-refractivity contribution in [2.75, 3.05) is 13.1 Å². The van der Waals surface area contributed by atoms with Crippen LogP contribution in [0.3, 0.4) is 0 Å². The summed E-state index contributed by atoms with van der Waals surface area (Å²) in [7, 11) is 0. The molecule has 2 aliphatic heterocycles. The first-order chi connectivity index (χ1) is 13.1. The van der Waals surface area contributed by atoms with Crippen molar-refractivity contribution in [3.63, 3.8) is 0 Å². The first-order valence-electron chi connectivity index (χ1n) is 9.61. The van der Waals surface area contributed by atoms with E-state index in [0.29, 0.717) is 12.6 Å². The van der Waals surface area contributed by atoms with Crippen LogP contribution in [0, 0.1) is 0 Å². The van der Waals surface area contributed by atoms with E-state index in [1.807, 2.05) is 49.4 Å². The molecule has 4 rings (SSSR count). The van der Waals surface area contributed by atoms with Gasteiger partial charge >= 0.3 is 0 Å². The maximum absolute atomic E-state index is 12.7. The molecule has 27 heavy (non-hydrogen) atoms. The maximum atomic E-state index is 12.7. The fraction of sp³-hybridized carbons (Fsp3) is 0.409. The van der Waals surface area contributed by atoms with Gasteiger partial charge in [0.2, 0.25) is 5.91 Å². The summed E-state index contributed by atoms with van der Waals surface area (Å²) < 4.78 is 6.09. The molecule has 2 fully saturated rings. The Kier molecular flexibility index (Phi) is 5.37. The van der Waals surface area contributed by atoms with Crippen LogP contribution in [0.5, 0.6) is 5.75 Å². The Labute approximate surface area is 165 Å². The number of fused-ring (bicyclic) bond motifs is 1. The second-order valence-corrected chi connectivity index (χ2v) is 7.89. The molecule has 1 amide bonds. The van der Waals surface area contributed by atoms with Crippen molar-refractivity contribution in [1.82, 2.24) is 9.80 Å². The van der Waals surface area contributed by atoms with Crippen molar-refractivity contribution in [1.29, 1.82) is 0 Å². The molecule has 5 heteroatoms. The molecule has 0 saturated carbocycles. The SMILES string of the molecule is C[C@H]1C(=O)N2CCC[C@H]2CN1Cc1ccccc1OCc1ccc(Cl)cc1. The van der Waals surface area contributed by atoms with Gasteiger partial charge in [-0.3, -0.25) is 9.69 Å². The number of hydrogen-bond acceptors (Lipinski definition) is 3. The molecule has 2 aromatic rings. The molecule has 0 radical (unpaired) electrons. The summed E-state index contributed by atoms with van der Waals surface area (Å²) in [6, 6.07) is 16.1. The third-order valence-electron chi connectivity index (χ3n) is 5.66. The molecule has 0 aromatic heterocycles. The smallest absolute Gasteiger partial charge is 0.239 e. The minimum atomic E-state index is -0.0799. The van der Waals surface area contributed by atoms with Crippen molar-refractivity contribution < 1.29 is 9.53 Å². The van der Waals surface area contributed by atoms with E-state index in [1.54, 1.807) is 0 Å². The van der Waals surface area contributed by atoms with Gasteiger partial charge in [0.1, 0.15) is 12.4 Å². The number of piperazine rings is 1. The number of nitrogens with zero attached hydrogens (tertiary/aromatic N) is 2. The monoisotopic (exact) mass is 384 g/mol. The Bertz CT molecular complexity index is 808. The van der Waals surface area contributed by atoms with Gasteiger partial charge in [0, 0.05) is 36.3 Å². The lowest BCUT2D eigenvalue weighted by molar-refractivity contribution is -0.143. The number of ether oxygens (including phenoxy) is 1. The summed E-state index contributed by atoms with van der Waals surface area (Å²) in [4.78, 5) is 17.0. The van der Waals surface area contributed by atoms with Crippen LogP contribution in [0.15, 0.2) is 48.5 Å². The van der Waals surface area contributed by atoms with E-state index in [4.69, 9.17) is 16.3 Å². The van der Waals surface area contributed by atoms with E-state index < -0.39 is 0 Å². The van der Waals surface area contributed by atoms with Crippen molar-refractivity contribution in [3.05, 3.63) is 64.7 Å². The molecule has 0 bridgehead atoms. The van der Waals surface area contributed by atoms with Gasteiger partial charge in [0.15, 0.2) is 0 Å². The quantitative estimate of drug-likeness (QED) is 0.777. The highest BCUT2D eigenvalue weighted by Gasteiger charge is 2.40. The van der Waals surface area contributed by atoms with Crippen LogP contribution in [0.4, 0.5) is 0 Å². The number of hydrogen-bond donors (Lipinski definition) is 0. The van der Waals surface area contributed by atoms with Crippen LogP contribution in [0.25, 0.3) is 0 Å². The molecule has 0 N–H and O–H groups in total. The number of rotatable bonds is 5. The van der Waals surface area contributed by atoms with Crippen molar-refractivity contribution in [3.8, 4) is 5.75 Å². The van der Waals surface area contributed by atoms with Crippen LogP contribution in [-0.4, -0.2) is 40.9 Å². The van der Waals surface area contributed by atoms with Gasteiger partial charge in [-0.05, 0) is 43.5 Å². The molecule has 2 atom stereocenters. The average Bonchev–Trinajstić information content (AvgIpc) is 3.15. The van der Waals surface area contributed by atoms with Crippen molar-refractivity contribution in [2.24, 2.45) is 0 Å². The highest BCUT2D eigenvalue weighted by atomic mass is 35.5. The molecule has 0 unspecified atom stereocenters. The summed E-state index contributed by atoms with van der Waals surface area (Å²) in [5, 5.41) is 0.726. The standard InChI is InChI=1S/C22H25ClN2O2/c1-16-22(26)25-12-4-6-20(25)14-24(16)13-18-5-2-3-7-21(18)27-15-17-8-10-19(23)11-9-17/h2-3,5,7-11,16,20H,4,6,12-15H2,1H3/t16-,20-/m0/s1. The number of amides is 1. The number of carbonyl (C=O) groups excluding carboxylic acids is 1. The number of halogens is 1. The summed E-state index contributed by atoms with van der Waals surface area (Å²) in [6.45, 7) is 5.11. The van der Waals surface area contributed by atoms with Crippen LogP contribution < -0.4 is 4.74 Å². The Hall–Kier alpha value is -2.04. The average molecular weight is 385 g/mol. The Morgan fingerprint density at radius 1 is 1.15 bits per heavy atom. The molecular formula is C22H25ClN2O2. The van der Waals surface area contributed by atoms with Crippen LogP contribution in [0.1, 0.15) is 30.9 Å². The minimum Gasteiger partial charge on any atom is -0.489 e. The molecule has 142 valence electrons. The third kappa shape index (κ3) is 3.97. The normalized spacial score (nSPS) is 22.7. The van der Waals surface area contributed by atoms with Gasteiger partial charge < -0.3 is 9.64 Å². The van der Waals surface area contributed by atoms with Gasteiger partial charge in [-0.1, -0.05) is 41.9 Å². The highest BCUT2D eigenvalue weighted by molar-refractivity contribution is 6.30. The second kappa shape index (κ2) is 7.91. The van der Waals surface area contributed by atoms with E-state index in [9.17, 15) is 4.79 Å². The zero-order valence-corrected chi connectivity index (χ0v) is 16.4. The van der Waals surface area contributed by atoms with E-state index >= 15 is 0 Å². The maximum Gasteiger partial charge on any atom is 0.239 e. The summed E-state index contributed by atoms with van der Waals surface area (Å²) in [5.74, 6) is 1.14. The van der Waals surface area contributed by atoms with Crippen LogP contribution in [-0.2, 0) is 17.9 Å². The minimum absolute atomic E-state index is 0.0799. The predicted molar refractivity (Wildman–Crippen MR) is 107 cm³/mol. The zero-order valence-electron chi connectivity index (χ0n) is 15.6. The van der Waals surface area contributed by atoms with Gasteiger partial charge in [-0.2, -0.15) is 0 Å². The van der Waals surface area contributed by atoms with Crippen molar-refractivity contribution >= 4 is 17.5 Å². The summed E-state index contributed by atoms with van der Waals surface area (Å²) in [5.41, 5.74) is 2.20. The van der Waals surface area contributed by atoms with Gasteiger partial charge in [0.25, 0.3) is 0 Å². The zero-order chi connectivity index (χ0) is 18.8. The molecule has 4 nitrogen and oxygen atoms in total. The molecule has 2 saturated heterocycles. The Balaban J connectivity index is 1.46. The first-order valence-corrected chi connectivity index (χ1v) is 9.99. The Morgan fingerprint density at radius 3 is 2.74 bits per heavy atom. The number of para-hydroxylation sites is 1. The lowest BCUT2D eigenvalue weighted by atomic mass is 10.1. The van der Waals surface area contributed by atoms with Crippen molar-refractivity contribution in [2.45, 2.75) is 45.0 Å². The lowest BCUT2D eigenvalue weighted by Gasteiger charge is -2.41. The largest absolute Gasteiger partial charge is 0.489 e. The predicted octanol–water partition coefficient (Wildman–Crippen LogP) is 4.11. The van der Waals surface area contributed by atoms with E-state index in [2.05, 4.69) is 15.9 Å². The molecule has 0 spiro atoms. The molecule has 0 aliphatic carbocycles. The Morgan fingerprint density at radius 2 is 1.93 bits per heavy atom. The van der Waals surface area contributed by atoms with E-state index in [0.717, 1.165) is 54.4 Å². The van der Waals surface area contributed by atoms with E-state index in [1.165, 1.54) is 0 Å². The molecular weight excluding hydrogens is 360 g/mol.